The maximum absolute atomic E-state index is 12.2. The number of carbonyl (C=O) groups excluding carboxylic acids is 1. The summed E-state index contributed by atoms with van der Waals surface area (Å²) in [6.07, 6.45) is -0.293. The number of aromatic amines is 1. The Labute approximate surface area is 202 Å². The van der Waals surface area contributed by atoms with Crippen LogP contribution in [0.15, 0.2) is 15.8 Å². The molecule has 1 aromatic heterocycles. The summed E-state index contributed by atoms with van der Waals surface area (Å²) < 4.78 is 52.1. The molecule has 1 saturated heterocycles. The van der Waals surface area contributed by atoms with Crippen molar-refractivity contribution in [2.45, 2.75) is 31.6 Å². The molecule has 2 rings (SSSR count). The van der Waals surface area contributed by atoms with Crippen LogP contribution in [0.25, 0.3) is 0 Å². The number of nitrogens with zero attached hydrogens (tertiary/aromatic N) is 1. The molecule has 1 fully saturated rings. The number of amides is 1. The minimum atomic E-state index is -5.66. The molecule has 0 radical (unpaired) electrons. The van der Waals surface area contributed by atoms with Crippen molar-refractivity contribution in [3.8, 4) is 11.8 Å². The predicted molar refractivity (Wildman–Crippen MR) is 118 cm³/mol. The lowest BCUT2D eigenvalue weighted by Gasteiger charge is -2.19. The van der Waals surface area contributed by atoms with E-state index < -0.39 is 53.7 Å². The Morgan fingerprint density at radius 2 is 1.89 bits per heavy atom. The van der Waals surface area contributed by atoms with Crippen LogP contribution < -0.4 is 22.3 Å². The lowest BCUT2D eigenvalue weighted by atomic mass is 10.2. The van der Waals surface area contributed by atoms with Gasteiger partial charge in [-0.3, -0.25) is 23.7 Å². The van der Waals surface area contributed by atoms with E-state index in [0.717, 1.165) is 10.8 Å². The summed E-state index contributed by atoms with van der Waals surface area (Å²) in [4.78, 5) is 73.3. The Hall–Kier alpha value is -1.96. The van der Waals surface area contributed by atoms with Crippen molar-refractivity contribution in [2.75, 3.05) is 19.7 Å². The van der Waals surface area contributed by atoms with Gasteiger partial charge in [0.2, 0.25) is 5.91 Å². The van der Waals surface area contributed by atoms with Gasteiger partial charge in [-0.2, -0.15) is 8.62 Å². The van der Waals surface area contributed by atoms with E-state index in [1.807, 2.05) is 0 Å². The maximum Gasteiger partial charge on any atom is 0.490 e. The van der Waals surface area contributed by atoms with Crippen molar-refractivity contribution < 1.29 is 55.9 Å². The first-order valence-electron chi connectivity index (χ1n) is 9.86. The van der Waals surface area contributed by atoms with Gasteiger partial charge in [-0.15, -0.1) is 0 Å². The first kappa shape index (κ1) is 30.3. The minimum absolute atomic E-state index is 0.0694. The van der Waals surface area contributed by atoms with Crippen molar-refractivity contribution in [3.05, 3.63) is 32.6 Å². The number of rotatable bonds is 11. The topological polar surface area (TPSA) is 279 Å². The summed E-state index contributed by atoms with van der Waals surface area (Å²) in [5, 5.41) is 2.47. The lowest BCUT2D eigenvalue weighted by Crippen LogP contribution is -2.34. The normalized spacial score (nSPS) is 21.1. The largest absolute Gasteiger partial charge is 0.490 e. The first-order valence-corrected chi connectivity index (χ1v) is 14.4. The number of nitrogens with two attached hydrogens (primary N) is 1. The molecule has 2 heterocycles. The molecule has 1 aliphatic rings. The molecule has 1 aliphatic heterocycles. The van der Waals surface area contributed by atoms with Gasteiger partial charge in [-0.05, 0) is 12.8 Å². The van der Waals surface area contributed by atoms with E-state index in [4.69, 9.17) is 25.2 Å². The molecule has 202 valence electrons. The summed E-state index contributed by atoms with van der Waals surface area (Å²) in [5.41, 5.74) is 3.53. The van der Waals surface area contributed by atoms with E-state index >= 15 is 0 Å². The van der Waals surface area contributed by atoms with Gasteiger partial charge in [-0.1, -0.05) is 11.8 Å². The number of carbonyl (C=O) groups is 1. The number of aromatic nitrogens is 2. The molecule has 8 N–H and O–H groups in total. The Morgan fingerprint density at radius 1 is 1.19 bits per heavy atom. The second-order valence-corrected chi connectivity index (χ2v) is 11.4. The van der Waals surface area contributed by atoms with E-state index in [1.54, 1.807) is 0 Å². The fourth-order valence-corrected chi connectivity index (χ4v) is 5.83. The monoisotopic (exact) mass is 576 g/mol. The van der Waals surface area contributed by atoms with E-state index in [1.165, 1.54) is 0 Å². The van der Waals surface area contributed by atoms with Crippen molar-refractivity contribution in [3.63, 3.8) is 0 Å². The summed E-state index contributed by atoms with van der Waals surface area (Å²) >= 11 is 0. The average molecular weight is 576 g/mol. The number of H-pyrrole nitrogens is 1. The zero-order chi connectivity index (χ0) is 27.1. The standard InChI is InChI=1S/C15H23N4O14P3/c16-6-5-12(20)17-7-1-2-10-8-19(15(22)18-14(10)21)13-4-3-11(31-13)9-30-35(26,27)33-36(28,29)32-34(23,24)25/h8,11,13H,3-7,9,16H2,(H,17,20)(H,26,27)(H,28,29)(H,18,21,22)(H2,23,24,25)/t11-,13+/m0/s1. The summed E-state index contributed by atoms with van der Waals surface area (Å²) in [7, 11) is -16.5. The molecule has 0 aromatic carbocycles. The molecular formula is C15H23N4O14P3. The molecule has 36 heavy (non-hydrogen) atoms. The second kappa shape index (κ2) is 12.5. The van der Waals surface area contributed by atoms with Crippen LogP contribution in [-0.2, 0) is 36.4 Å². The van der Waals surface area contributed by atoms with Crippen molar-refractivity contribution >= 4 is 29.4 Å². The highest BCUT2D eigenvalue weighted by Crippen LogP contribution is 2.66. The van der Waals surface area contributed by atoms with E-state index in [-0.39, 0.29) is 43.8 Å². The molecular weight excluding hydrogens is 553 g/mol. The van der Waals surface area contributed by atoms with Crippen LogP contribution in [0.5, 0.6) is 0 Å². The van der Waals surface area contributed by atoms with Crippen molar-refractivity contribution in [2.24, 2.45) is 5.73 Å². The van der Waals surface area contributed by atoms with Crippen molar-refractivity contribution in [1.82, 2.24) is 14.9 Å². The van der Waals surface area contributed by atoms with Gasteiger partial charge in [0.1, 0.15) is 11.8 Å². The number of phosphoric ester groups is 1. The van der Waals surface area contributed by atoms with Gasteiger partial charge in [-0.25, -0.2) is 18.5 Å². The molecule has 1 aromatic rings. The molecule has 4 atom stereocenters. The summed E-state index contributed by atoms with van der Waals surface area (Å²) in [5.74, 6) is 4.74. The quantitative estimate of drug-likeness (QED) is 0.115. The first-order chi connectivity index (χ1) is 16.6. The maximum atomic E-state index is 12.2. The lowest BCUT2D eigenvalue weighted by molar-refractivity contribution is -0.120. The third kappa shape index (κ3) is 10.2. The van der Waals surface area contributed by atoms with Crippen LogP contribution in [-0.4, -0.2) is 60.8 Å². The molecule has 0 spiro atoms. The number of phosphoric acid groups is 3. The van der Waals surface area contributed by atoms with Crippen LogP contribution in [0, 0.1) is 11.8 Å². The van der Waals surface area contributed by atoms with Crippen LogP contribution in [0.2, 0.25) is 0 Å². The van der Waals surface area contributed by atoms with E-state index in [0.29, 0.717) is 0 Å². The highest BCUT2D eigenvalue weighted by Gasteiger charge is 2.41. The van der Waals surface area contributed by atoms with Gasteiger partial charge in [0.15, 0.2) is 0 Å². The summed E-state index contributed by atoms with van der Waals surface area (Å²) in [6, 6.07) is 0. The van der Waals surface area contributed by atoms with Crippen molar-refractivity contribution in [1.29, 1.82) is 0 Å². The van der Waals surface area contributed by atoms with Crippen LogP contribution >= 0.6 is 23.5 Å². The van der Waals surface area contributed by atoms with Crippen LogP contribution in [0.1, 0.15) is 31.1 Å². The fourth-order valence-electron chi connectivity index (χ4n) is 2.78. The molecule has 0 saturated carbocycles. The van der Waals surface area contributed by atoms with Crippen LogP contribution in [0.4, 0.5) is 0 Å². The fraction of sp³-hybridized carbons (Fsp3) is 0.533. The molecule has 0 aliphatic carbocycles. The number of hydrogen-bond acceptors (Lipinski definition) is 11. The molecule has 21 heteroatoms. The average Bonchev–Trinajstić information content (AvgIpc) is 3.17. The highest BCUT2D eigenvalue weighted by atomic mass is 31.3. The number of hydrogen-bond donors (Lipinski definition) is 7. The van der Waals surface area contributed by atoms with Gasteiger partial charge >= 0.3 is 29.2 Å². The highest BCUT2D eigenvalue weighted by molar-refractivity contribution is 7.66. The third-order valence-electron chi connectivity index (χ3n) is 4.17. The third-order valence-corrected chi connectivity index (χ3v) is 7.97. The zero-order valence-corrected chi connectivity index (χ0v) is 20.9. The molecule has 2 unspecified atom stereocenters. The van der Waals surface area contributed by atoms with E-state index in [2.05, 4.69) is 35.3 Å². The van der Waals surface area contributed by atoms with Gasteiger partial charge in [0, 0.05) is 19.2 Å². The van der Waals surface area contributed by atoms with Gasteiger partial charge in [0.25, 0.3) is 5.56 Å². The SMILES string of the molecule is NCCC(=O)NCC#Cc1cn([C@H]2CC[C@@H](COP(=O)(O)OP(=O)(O)OP(=O)(O)O)O2)c(=O)[nH]c1=O. The molecule has 1 amide bonds. The zero-order valence-electron chi connectivity index (χ0n) is 18.2. The predicted octanol–water partition coefficient (Wildman–Crippen LogP) is -1.63. The van der Waals surface area contributed by atoms with Gasteiger partial charge in [0.05, 0.1) is 19.3 Å². The Bertz CT molecular complexity index is 1280. The summed E-state index contributed by atoms with van der Waals surface area (Å²) in [6.45, 7) is -0.596. The molecule has 18 nitrogen and oxygen atoms in total. The van der Waals surface area contributed by atoms with E-state index in [9.17, 15) is 33.0 Å². The molecule has 0 bridgehead atoms. The second-order valence-electron chi connectivity index (χ2n) is 7.00. The number of ether oxygens (including phenoxy) is 1. The Kier molecular flexibility index (Phi) is 10.5. The smallest absolute Gasteiger partial charge is 0.352 e. The Balaban J connectivity index is 2.00. The van der Waals surface area contributed by atoms with Gasteiger partial charge < -0.3 is 35.4 Å². The minimum Gasteiger partial charge on any atom is -0.352 e. The van der Waals surface area contributed by atoms with Crippen LogP contribution in [0.3, 0.4) is 0 Å². The number of nitrogens with one attached hydrogen (secondary N) is 2. The Morgan fingerprint density at radius 3 is 2.53 bits per heavy atom.